The zero-order valence-corrected chi connectivity index (χ0v) is 35.8. The van der Waals surface area contributed by atoms with Crippen LogP contribution in [0, 0.1) is 5.92 Å². The Morgan fingerprint density at radius 1 is 0.730 bits per heavy atom. The van der Waals surface area contributed by atoms with Crippen LogP contribution in [-0.4, -0.2) is 86.0 Å². The third-order valence-corrected chi connectivity index (χ3v) is 12.5. The zero-order chi connectivity index (χ0) is 43.6. The number of fused-ring (bicyclic) bond motifs is 1. The minimum absolute atomic E-state index is 0.105. The first-order valence-electron chi connectivity index (χ1n) is 22.0. The fourth-order valence-electron chi connectivity index (χ4n) is 8.93. The van der Waals surface area contributed by atoms with E-state index in [1.54, 1.807) is 0 Å². The first-order valence-corrected chi connectivity index (χ1v) is 22.0. The van der Waals surface area contributed by atoms with Gasteiger partial charge in [-0.1, -0.05) is 92.7 Å². The van der Waals surface area contributed by atoms with E-state index in [4.69, 9.17) is 14.7 Å². The maximum Gasteiger partial charge on any atom is 0.407 e. The zero-order valence-electron chi connectivity index (χ0n) is 35.8. The van der Waals surface area contributed by atoms with Crippen LogP contribution in [0.5, 0.6) is 0 Å². The molecule has 1 aliphatic carbocycles. The van der Waals surface area contributed by atoms with E-state index >= 15 is 0 Å². The Bertz CT molecular complexity index is 2620. The van der Waals surface area contributed by atoms with Crippen LogP contribution in [0.1, 0.15) is 87.7 Å². The van der Waals surface area contributed by atoms with E-state index in [-0.39, 0.29) is 41.9 Å². The van der Waals surface area contributed by atoms with Crippen LogP contribution >= 0.6 is 0 Å². The number of benzene rings is 4. The van der Waals surface area contributed by atoms with Gasteiger partial charge in [-0.25, -0.2) is 19.6 Å². The molecule has 5 N–H and O–H groups in total. The van der Waals surface area contributed by atoms with Crippen LogP contribution in [0.4, 0.5) is 9.59 Å². The van der Waals surface area contributed by atoms with Crippen LogP contribution in [0.15, 0.2) is 103 Å². The maximum absolute atomic E-state index is 14.2. The molecule has 4 aromatic carbocycles. The molecule has 0 radical (unpaired) electrons. The normalized spacial score (nSPS) is 18.3. The number of carbonyl (C=O) groups excluding carboxylic acids is 4. The second kappa shape index (κ2) is 17.8. The van der Waals surface area contributed by atoms with Gasteiger partial charge >= 0.3 is 12.1 Å². The van der Waals surface area contributed by atoms with Gasteiger partial charge in [-0.15, -0.1) is 0 Å². The molecule has 2 aliphatic heterocycles. The first-order chi connectivity index (χ1) is 30.6. The second-order valence-corrected chi connectivity index (χ2v) is 17.2. The topological polar surface area (TPSA) is 177 Å². The van der Waals surface area contributed by atoms with Crippen LogP contribution in [0.2, 0.25) is 0 Å². The summed E-state index contributed by atoms with van der Waals surface area (Å²) in [6, 6.07) is 28.5. The number of likely N-dealkylation sites (tertiary alicyclic amines) is 2. The van der Waals surface area contributed by atoms with Gasteiger partial charge < -0.3 is 40.5 Å². The van der Waals surface area contributed by atoms with Crippen molar-refractivity contribution < 1.29 is 23.9 Å². The summed E-state index contributed by atoms with van der Waals surface area (Å²) in [6.45, 7) is 4.99. The molecular formula is C49H53N9O5. The van der Waals surface area contributed by atoms with Crippen molar-refractivity contribution in [2.75, 3.05) is 20.2 Å². The number of imidazole rings is 2. The van der Waals surface area contributed by atoms with Crippen LogP contribution in [0.25, 0.3) is 44.4 Å². The highest BCUT2D eigenvalue weighted by molar-refractivity contribution is 5.91. The average Bonchev–Trinajstić information content (AvgIpc) is 3.82. The molecule has 14 nitrogen and oxygen atoms in total. The van der Waals surface area contributed by atoms with Crippen molar-refractivity contribution in [1.82, 2.24) is 45.7 Å². The summed E-state index contributed by atoms with van der Waals surface area (Å²) >= 11 is 0. The standard InChI is InChI=1S/C49H53N9O5/c1-29(2)42(56-49(62)63-3)46(59)57-23-7-11-40(57)44-50-27-38(53-44)31-15-13-30(14-16-31)33-17-18-35-26-36(20-19-34(35)25-33)39-28-51-45(54-39)41-12-8-24-58(41)47(60)43(32-9-5-4-6-10-32)55-48(61)52-37-21-22-37/h4-6,9-10,13-20,25-29,37,40-43H,7-8,11-12,21-24H2,1-3H3,(H,50,53)(H,51,54)(H,56,62)(H2,52,55,61)/t40-,41-,42-,43+/m0/s1. The van der Waals surface area contributed by atoms with Gasteiger partial charge in [0, 0.05) is 30.9 Å². The smallest absolute Gasteiger partial charge is 0.407 e. The number of H-pyrrole nitrogens is 2. The van der Waals surface area contributed by atoms with Gasteiger partial charge in [0.2, 0.25) is 11.8 Å². The van der Waals surface area contributed by atoms with E-state index in [2.05, 4.69) is 86.6 Å². The number of alkyl carbamates (subject to hydrolysis) is 1. The number of hydrogen-bond acceptors (Lipinski definition) is 7. The summed E-state index contributed by atoms with van der Waals surface area (Å²) in [4.78, 5) is 72.8. The monoisotopic (exact) mass is 847 g/mol. The largest absolute Gasteiger partial charge is 0.453 e. The number of rotatable bonds is 12. The number of nitrogens with zero attached hydrogens (tertiary/aromatic N) is 4. The molecule has 2 saturated heterocycles. The highest BCUT2D eigenvalue weighted by Crippen LogP contribution is 2.36. The molecule has 0 spiro atoms. The summed E-state index contributed by atoms with van der Waals surface area (Å²) in [5.41, 5.74) is 6.54. The third-order valence-electron chi connectivity index (χ3n) is 12.5. The lowest BCUT2D eigenvalue weighted by Gasteiger charge is -2.30. The molecule has 0 unspecified atom stereocenters. The van der Waals surface area contributed by atoms with Crippen molar-refractivity contribution in [3.05, 3.63) is 121 Å². The van der Waals surface area contributed by atoms with E-state index in [9.17, 15) is 19.2 Å². The van der Waals surface area contributed by atoms with Gasteiger partial charge in [0.05, 0.1) is 36.8 Å². The Morgan fingerprint density at radius 2 is 1.37 bits per heavy atom. The van der Waals surface area contributed by atoms with Gasteiger partial charge in [-0.05, 0) is 89.6 Å². The molecule has 63 heavy (non-hydrogen) atoms. The molecule has 4 atom stereocenters. The molecule has 3 fully saturated rings. The molecule has 6 aromatic rings. The minimum Gasteiger partial charge on any atom is -0.453 e. The number of hydrogen-bond donors (Lipinski definition) is 5. The number of carbonyl (C=O) groups is 4. The first kappa shape index (κ1) is 41.4. The highest BCUT2D eigenvalue weighted by atomic mass is 16.5. The van der Waals surface area contributed by atoms with Crippen molar-refractivity contribution in [2.45, 2.75) is 82.6 Å². The Labute approximate surface area is 366 Å². The number of amides is 5. The number of urea groups is 1. The lowest BCUT2D eigenvalue weighted by Crippen LogP contribution is -2.51. The summed E-state index contributed by atoms with van der Waals surface area (Å²) in [5, 5.41) is 10.8. The Hall–Kier alpha value is -6.96. The molecule has 324 valence electrons. The number of aromatic amines is 2. The van der Waals surface area contributed by atoms with Gasteiger partial charge in [0.1, 0.15) is 23.7 Å². The predicted octanol–water partition coefficient (Wildman–Crippen LogP) is 8.20. The summed E-state index contributed by atoms with van der Waals surface area (Å²) in [5.74, 6) is 1.07. The molecule has 1 saturated carbocycles. The van der Waals surface area contributed by atoms with E-state index in [1.807, 2.05) is 66.4 Å². The van der Waals surface area contributed by atoms with Gasteiger partial charge in [0.25, 0.3) is 0 Å². The van der Waals surface area contributed by atoms with Crippen molar-refractivity contribution in [1.29, 1.82) is 0 Å². The van der Waals surface area contributed by atoms with Crippen molar-refractivity contribution in [3.63, 3.8) is 0 Å². The van der Waals surface area contributed by atoms with E-state index in [1.165, 1.54) is 7.11 Å². The lowest BCUT2D eigenvalue weighted by molar-refractivity contribution is -0.135. The molecule has 4 heterocycles. The van der Waals surface area contributed by atoms with Crippen molar-refractivity contribution in [2.24, 2.45) is 5.92 Å². The van der Waals surface area contributed by atoms with E-state index in [0.717, 1.165) is 100 Å². The number of ether oxygens (including phenoxy) is 1. The molecule has 2 aromatic heterocycles. The molecule has 0 bridgehead atoms. The summed E-state index contributed by atoms with van der Waals surface area (Å²) in [6.07, 6.45) is 8.27. The van der Waals surface area contributed by atoms with Crippen LogP contribution < -0.4 is 16.0 Å². The minimum atomic E-state index is -0.801. The van der Waals surface area contributed by atoms with Gasteiger partial charge in [-0.2, -0.15) is 0 Å². The molecular weight excluding hydrogens is 795 g/mol. The molecule has 5 amide bonds. The van der Waals surface area contributed by atoms with Crippen molar-refractivity contribution >= 4 is 34.7 Å². The van der Waals surface area contributed by atoms with E-state index < -0.39 is 18.2 Å². The molecule has 14 heteroatoms. The van der Waals surface area contributed by atoms with Crippen molar-refractivity contribution in [3.8, 4) is 33.6 Å². The summed E-state index contributed by atoms with van der Waals surface area (Å²) < 4.78 is 4.77. The van der Waals surface area contributed by atoms with Crippen LogP contribution in [0.3, 0.4) is 0 Å². The molecule has 3 aliphatic rings. The summed E-state index contributed by atoms with van der Waals surface area (Å²) in [7, 11) is 1.29. The molecule has 9 rings (SSSR count). The Kier molecular flexibility index (Phi) is 11.7. The SMILES string of the molecule is COC(=O)N[C@H](C(=O)N1CCC[C@H]1c1ncc(-c2ccc(-c3ccc4cc(-c5c[nH]c([C@@H]6CCCN6C(=O)[C@H](NC(=O)NC6CC6)c6ccccc6)n5)ccc4c3)cc2)[nH]1)C(C)C. The highest BCUT2D eigenvalue weighted by Gasteiger charge is 2.39. The maximum atomic E-state index is 14.2. The Balaban J connectivity index is 0.867. The predicted molar refractivity (Wildman–Crippen MR) is 240 cm³/mol. The fraction of sp³-hybridized carbons (Fsp3) is 0.347. The third kappa shape index (κ3) is 8.88. The quantitative estimate of drug-likeness (QED) is 0.0825. The second-order valence-electron chi connectivity index (χ2n) is 17.2. The lowest BCUT2D eigenvalue weighted by atomic mass is 9.98. The number of nitrogens with one attached hydrogen (secondary N) is 5. The average molecular weight is 848 g/mol. The Morgan fingerprint density at radius 3 is 2.05 bits per heavy atom. The van der Waals surface area contributed by atoms with E-state index in [0.29, 0.717) is 13.1 Å². The van der Waals surface area contributed by atoms with Gasteiger partial charge in [-0.3, -0.25) is 9.59 Å². The number of methoxy groups -OCH3 is 1. The van der Waals surface area contributed by atoms with Gasteiger partial charge in [0.15, 0.2) is 0 Å². The number of aromatic nitrogens is 4. The van der Waals surface area contributed by atoms with Crippen LogP contribution in [-0.2, 0) is 14.3 Å². The fourth-order valence-corrected chi connectivity index (χ4v) is 8.93.